The number of nitrogens with zero attached hydrogens (tertiary/aromatic N) is 1. The lowest BCUT2D eigenvalue weighted by Crippen LogP contribution is -2.45. The summed E-state index contributed by atoms with van der Waals surface area (Å²) < 4.78 is 13.4. The predicted molar refractivity (Wildman–Crippen MR) is 97.2 cm³/mol. The van der Waals surface area contributed by atoms with Gasteiger partial charge in [0.15, 0.2) is 0 Å². The lowest BCUT2D eigenvalue weighted by Gasteiger charge is -2.35. The number of benzene rings is 1. The van der Waals surface area contributed by atoms with Gasteiger partial charge in [-0.3, -0.25) is 4.90 Å². The molecule has 2 nitrogen and oxygen atoms in total. The highest BCUT2D eigenvalue weighted by Crippen LogP contribution is 2.29. The molecule has 1 N–H and O–H groups in total. The van der Waals surface area contributed by atoms with Gasteiger partial charge in [-0.1, -0.05) is 43.9 Å². The van der Waals surface area contributed by atoms with Crippen molar-refractivity contribution in [3.63, 3.8) is 0 Å². The Labute approximate surface area is 150 Å². The summed E-state index contributed by atoms with van der Waals surface area (Å²) >= 11 is 5.95. The maximum atomic E-state index is 13.4. The van der Waals surface area contributed by atoms with E-state index in [0.29, 0.717) is 6.04 Å². The predicted octanol–water partition coefficient (Wildman–Crippen LogP) is 4.85. The first-order valence-corrected chi connectivity index (χ1v) is 8.00. The Bertz CT molecular complexity index is 426. The van der Waals surface area contributed by atoms with Crippen molar-refractivity contribution in [1.82, 2.24) is 10.2 Å². The van der Waals surface area contributed by atoms with Crippen molar-refractivity contribution in [2.45, 2.75) is 38.6 Å². The number of halogens is 4. The molecule has 2 rings (SSSR count). The van der Waals surface area contributed by atoms with Crippen molar-refractivity contribution in [1.29, 1.82) is 0 Å². The molecule has 1 fully saturated rings. The van der Waals surface area contributed by atoms with E-state index in [1.54, 1.807) is 6.07 Å². The highest BCUT2D eigenvalue weighted by molar-refractivity contribution is 6.30. The van der Waals surface area contributed by atoms with Crippen LogP contribution in [0.5, 0.6) is 0 Å². The van der Waals surface area contributed by atoms with E-state index in [0.717, 1.165) is 38.2 Å². The molecule has 128 valence electrons. The van der Waals surface area contributed by atoms with E-state index in [2.05, 4.69) is 17.1 Å². The number of nitrogens with one attached hydrogen (secondary N) is 1. The molecule has 1 aliphatic rings. The van der Waals surface area contributed by atoms with Crippen LogP contribution < -0.4 is 5.32 Å². The van der Waals surface area contributed by atoms with E-state index in [4.69, 9.17) is 11.6 Å². The summed E-state index contributed by atoms with van der Waals surface area (Å²) in [6.45, 7) is 6.37. The molecule has 0 spiro atoms. The normalized spacial score (nSPS) is 16.5. The van der Waals surface area contributed by atoms with Gasteiger partial charge in [-0.05, 0) is 24.1 Å². The third-order valence-corrected chi connectivity index (χ3v) is 4.29. The Balaban J connectivity index is 0.00000220. The van der Waals surface area contributed by atoms with Gasteiger partial charge in [-0.15, -0.1) is 24.8 Å². The van der Waals surface area contributed by atoms with Gasteiger partial charge in [0.2, 0.25) is 0 Å². The van der Waals surface area contributed by atoms with Crippen molar-refractivity contribution in [3.8, 4) is 0 Å². The molecular weight excluding hydrogens is 346 g/mol. The first-order valence-electron chi connectivity index (χ1n) is 7.62. The fraction of sp³-hybridized carbons (Fsp3) is 0.625. The second-order valence-corrected chi connectivity index (χ2v) is 5.88. The van der Waals surface area contributed by atoms with Crippen molar-refractivity contribution in [3.05, 3.63) is 34.6 Å². The number of unbranched alkanes of at least 4 members (excludes halogenated alkanes) is 2. The van der Waals surface area contributed by atoms with Crippen LogP contribution in [0.2, 0.25) is 5.02 Å². The monoisotopic (exact) mass is 370 g/mol. The van der Waals surface area contributed by atoms with Gasteiger partial charge >= 0.3 is 0 Å². The first kappa shape index (κ1) is 21.9. The van der Waals surface area contributed by atoms with Crippen molar-refractivity contribution >= 4 is 36.4 Å². The van der Waals surface area contributed by atoms with Crippen molar-refractivity contribution in [2.75, 3.05) is 26.2 Å². The van der Waals surface area contributed by atoms with Gasteiger partial charge in [0.25, 0.3) is 0 Å². The summed E-state index contributed by atoms with van der Waals surface area (Å²) in [6, 6.07) is 5.55. The standard InChI is InChI=1S/C16H24ClFN2.2ClH/c1-2-3-4-5-16(20-10-8-19-9-11-20)13-6-7-15(18)14(17)12-13;;/h6-7,12,16,19H,2-5,8-11H2,1H3;2*1H/t16-;;/m1../s1. The maximum absolute atomic E-state index is 13.4. The summed E-state index contributed by atoms with van der Waals surface area (Å²) in [7, 11) is 0. The number of piperazine rings is 1. The van der Waals surface area contributed by atoms with Crippen LogP contribution in [0.1, 0.15) is 44.2 Å². The maximum Gasteiger partial charge on any atom is 0.141 e. The Hall–Kier alpha value is -0.0600. The smallest absolute Gasteiger partial charge is 0.141 e. The molecule has 1 heterocycles. The quantitative estimate of drug-likeness (QED) is 0.719. The Morgan fingerprint density at radius 3 is 2.50 bits per heavy atom. The van der Waals surface area contributed by atoms with Gasteiger partial charge in [-0.2, -0.15) is 0 Å². The van der Waals surface area contributed by atoms with Crippen LogP contribution in [0.15, 0.2) is 18.2 Å². The van der Waals surface area contributed by atoms with Gasteiger partial charge in [0, 0.05) is 32.2 Å². The molecule has 6 heteroatoms. The number of hydrogen-bond donors (Lipinski definition) is 1. The molecule has 1 aromatic carbocycles. The third kappa shape index (κ3) is 6.21. The Morgan fingerprint density at radius 2 is 1.91 bits per heavy atom. The van der Waals surface area contributed by atoms with Crippen molar-refractivity contribution < 1.29 is 4.39 Å². The fourth-order valence-corrected chi connectivity index (χ4v) is 3.05. The summed E-state index contributed by atoms with van der Waals surface area (Å²) in [6.07, 6.45) is 4.80. The fourth-order valence-electron chi connectivity index (χ4n) is 2.86. The minimum atomic E-state index is -0.331. The molecule has 0 radical (unpaired) electrons. The molecule has 22 heavy (non-hydrogen) atoms. The Morgan fingerprint density at radius 1 is 1.23 bits per heavy atom. The molecule has 0 unspecified atom stereocenters. The highest BCUT2D eigenvalue weighted by Gasteiger charge is 2.22. The minimum absolute atomic E-state index is 0. The van der Waals surface area contributed by atoms with Crippen LogP contribution >= 0.6 is 36.4 Å². The van der Waals surface area contributed by atoms with E-state index < -0.39 is 0 Å². The van der Waals surface area contributed by atoms with E-state index >= 15 is 0 Å². The number of hydrogen-bond acceptors (Lipinski definition) is 2. The number of rotatable bonds is 6. The summed E-state index contributed by atoms with van der Waals surface area (Å²) in [5.41, 5.74) is 1.15. The van der Waals surface area contributed by atoms with Gasteiger partial charge in [0.1, 0.15) is 5.82 Å². The summed E-state index contributed by atoms with van der Waals surface area (Å²) in [4.78, 5) is 2.50. The zero-order chi connectivity index (χ0) is 14.4. The molecule has 0 amide bonds. The molecule has 0 aromatic heterocycles. The zero-order valence-corrected chi connectivity index (χ0v) is 15.4. The Kier molecular flexibility index (Phi) is 11.4. The zero-order valence-electron chi connectivity index (χ0n) is 13.0. The molecule has 1 aliphatic heterocycles. The van der Waals surface area contributed by atoms with Crippen molar-refractivity contribution in [2.24, 2.45) is 0 Å². The molecule has 0 bridgehead atoms. The van der Waals surface area contributed by atoms with Gasteiger partial charge in [0.05, 0.1) is 5.02 Å². The van der Waals surface area contributed by atoms with E-state index in [1.807, 2.05) is 6.07 Å². The first-order chi connectivity index (χ1) is 9.72. The molecular formula is C16H26Cl3FN2. The van der Waals surface area contributed by atoms with Crippen LogP contribution in [-0.2, 0) is 0 Å². The van der Waals surface area contributed by atoms with E-state index in [1.165, 1.54) is 25.3 Å². The lowest BCUT2D eigenvalue weighted by molar-refractivity contribution is 0.162. The summed E-state index contributed by atoms with van der Waals surface area (Å²) in [5.74, 6) is -0.331. The van der Waals surface area contributed by atoms with Crippen LogP contribution in [0.4, 0.5) is 4.39 Å². The average Bonchev–Trinajstić information content (AvgIpc) is 2.48. The second-order valence-electron chi connectivity index (χ2n) is 5.47. The lowest BCUT2D eigenvalue weighted by atomic mass is 9.98. The van der Waals surface area contributed by atoms with E-state index in [9.17, 15) is 4.39 Å². The molecule has 1 aromatic rings. The highest BCUT2D eigenvalue weighted by atomic mass is 35.5. The van der Waals surface area contributed by atoms with Gasteiger partial charge in [-0.25, -0.2) is 4.39 Å². The molecule has 1 atom stereocenters. The average molecular weight is 372 g/mol. The van der Waals surface area contributed by atoms with E-state index in [-0.39, 0.29) is 35.7 Å². The third-order valence-electron chi connectivity index (χ3n) is 4.00. The van der Waals surface area contributed by atoms with Crippen LogP contribution in [-0.4, -0.2) is 31.1 Å². The van der Waals surface area contributed by atoms with Crippen LogP contribution in [0.3, 0.4) is 0 Å². The SMILES string of the molecule is CCCCC[C@H](c1ccc(F)c(Cl)c1)N1CCNCC1.Cl.Cl. The minimum Gasteiger partial charge on any atom is -0.314 e. The topological polar surface area (TPSA) is 15.3 Å². The van der Waals surface area contributed by atoms with Crippen LogP contribution in [0, 0.1) is 5.82 Å². The molecule has 0 aliphatic carbocycles. The van der Waals surface area contributed by atoms with Crippen LogP contribution in [0.25, 0.3) is 0 Å². The molecule has 0 saturated carbocycles. The second kappa shape index (κ2) is 11.5. The largest absolute Gasteiger partial charge is 0.314 e. The van der Waals surface area contributed by atoms with Gasteiger partial charge < -0.3 is 5.32 Å². The molecule has 1 saturated heterocycles. The summed E-state index contributed by atoms with van der Waals surface area (Å²) in [5, 5.41) is 3.62.